The number of piperazine rings is 1. The van der Waals surface area contributed by atoms with Crippen LogP contribution >= 0.6 is 0 Å². The van der Waals surface area contributed by atoms with E-state index < -0.39 is 0 Å². The molecule has 1 saturated heterocycles. The first-order valence-electron chi connectivity index (χ1n) is 6.25. The Hall–Kier alpha value is -0.120. The van der Waals surface area contributed by atoms with Crippen molar-refractivity contribution >= 4 is 0 Å². The van der Waals surface area contributed by atoms with Gasteiger partial charge >= 0.3 is 0 Å². The van der Waals surface area contributed by atoms with Crippen LogP contribution in [0.3, 0.4) is 0 Å². The van der Waals surface area contributed by atoms with Crippen molar-refractivity contribution in [1.29, 1.82) is 0 Å². The predicted molar refractivity (Wildman–Crippen MR) is 64.2 cm³/mol. The maximum absolute atomic E-state index is 5.60. The number of nitrogens with zero attached hydrogens (tertiary/aromatic N) is 1. The zero-order valence-electron chi connectivity index (χ0n) is 10.5. The molecule has 1 rings (SSSR count). The average Bonchev–Trinajstić information content (AvgIpc) is 2.24. The van der Waals surface area contributed by atoms with Crippen LogP contribution in [-0.4, -0.2) is 50.3 Å². The van der Waals surface area contributed by atoms with Crippen LogP contribution < -0.4 is 5.32 Å². The molecule has 0 aliphatic carbocycles. The van der Waals surface area contributed by atoms with E-state index in [0.29, 0.717) is 12.0 Å². The lowest BCUT2D eigenvalue weighted by Gasteiger charge is -2.33. The molecule has 0 radical (unpaired) electrons. The van der Waals surface area contributed by atoms with E-state index in [1.54, 1.807) is 0 Å². The third kappa shape index (κ3) is 5.50. The molecule has 3 nitrogen and oxygen atoms in total. The van der Waals surface area contributed by atoms with Crippen LogP contribution in [0.5, 0.6) is 0 Å². The molecule has 0 aromatic rings. The topological polar surface area (TPSA) is 24.5 Å². The Morgan fingerprint density at radius 2 is 2.27 bits per heavy atom. The van der Waals surface area contributed by atoms with Crippen LogP contribution in [0, 0.1) is 5.92 Å². The Kier molecular flexibility index (Phi) is 6.22. The Morgan fingerprint density at radius 1 is 1.47 bits per heavy atom. The molecule has 1 heterocycles. The van der Waals surface area contributed by atoms with Crippen LogP contribution in [0.15, 0.2) is 0 Å². The Balaban J connectivity index is 2.05. The van der Waals surface area contributed by atoms with Crippen molar-refractivity contribution in [2.24, 2.45) is 5.92 Å². The predicted octanol–water partition coefficient (Wildman–Crippen LogP) is 1.34. The van der Waals surface area contributed by atoms with Crippen molar-refractivity contribution in [2.45, 2.75) is 33.2 Å². The first kappa shape index (κ1) is 12.9. The third-order valence-corrected chi connectivity index (χ3v) is 2.84. The van der Waals surface area contributed by atoms with E-state index in [1.807, 2.05) is 0 Å². The second kappa shape index (κ2) is 7.20. The van der Waals surface area contributed by atoms with E-state index in [4.69, 9.17) is 4.74 Å². The molecule has 15 heavy (non-hydrogen) atoms. The number of ether oxygens (including phenoxy) is 1. The summed E-state index contributed by atoms with van der Waals surface area (Å²) in [5, 5.41) is 3.52. The first-order chi connectivity index (χ1) is 7.22. The second-order valence-electron chi connectivity index (χ2n) is 4.83. The van der Waals surface area contributed by atoms with Gasteiger partial charge in [-0.2, -0.15) is 0 Å². The van der Waals surface area contributed by atoms with Gasteiger partial charge in [0.05, 0.1) is 6.61 Å². The fraction of sp³-hybridized carbons (Fsp3) is 1.00. The largest absolute Gasteiger partial charge is 0.380 e. The normalized spacial score (nSPS) is 23.6. The second-order valence-corrected chi connectivity index (χ2v) is 4.83. The Labute approximate surface area is 94.2 Å². The van der Waals surface area contributed by atoms with E-state index in [1.165, 1.54) is 19.5 Å². The minimum atomic E-state index is 0.649. The summed E-state index contributed by atoms with van der Waals surface area (Å²) >= 11 is 0. The van der Waals surface area contributed by atoms with Gasteiger partial charge in [0.25, 0.3) is 0 Å². The van der Waals surface area contributed by atoms with E-state index in [9.17, 15) is 0 Å². The van der Waals surface area contributed by atoms with E-state index in [0.717, 1.165) is 26.3 Å². The SMILES string of the molecule is CCC1CN(CCOCC(C)C)CCN1. The highest BCUT2D eigenvalue weighted by Gasteiger charge is 2.16. The molecule has 90 valence electrons. The summed E-state index contributed by atoms with van der Waals surface area (Å²) in [6.07, 6.45) is 1.23. The maximum Gasteiger partial charge on any atom is 0.0593 e. The van der Waals surface area contributed by atoms with Gasteiger partial charge in [-0.1, -0.05) is 20.8 Å². The van der Waals surface area contributed by atoms with Gasteiger partial charge in [-0.05, 0) is 12.3 Å². The van der Waals surface area contributed by atoms with Gasteiger partial charge in [-0.25, -0.2) is 0 Å². The molecular weight excluding hydrogens is 188 g/mol. The lowest BCUT2D eigenvalue weighted by atomic mass is 10.1. The number of hydrogen-bond acceptors (Lipinski definition) is 3. The van der Waals surface area contributed by atoms with Crippen molar-refractivity contribution < 1.29 is 4.74 Å². The van der Waals surface area contributed by atoms with Gasteiger partial charge in [0.1, 0.15) is 0 Å². The molecule has 0 bridgehead atoms. The summed E-state index contributed by atoms with van der Waals surface area (Å²) in [6, 6.07) is 0.684. The van der Waals surface area contributed by atoms with E-state index >= 15 is 0 Å². The molecule has 0 spiro atoms. The molecule has 1 unspecified atom stereocenters. The quantitative estimate of drug-likeness (QED) is 0.675. The number of hydrogen-bond donors (Lipinski definition) is 1. The standard InChI is InChI=1S/C12H26N2O/c1-4-12-9-14(6-5-13-12)7-8-15-10-11(2)3/h11-13H,4-10H2,1-3H3. The Bertz CT molecular complexity index is 162. The third-order valence-electron chi connectivity index (χ3n) is 2.84. The summed E-state index contributed by atoms with van der Waals surface area (Å²) in [5.74, 6) is 0.649. The maximum atomic E-state index is 5.60. The van der Waals surface area contributed by atoms with Gasteiger partial charge in [-0.15, -0.1) is 0 Å². The van der Waals surface area contributed by atoms with Gasteiger partial charge in [0.15, 0.2) is 0 Å². The van der Waals surface area contributed by atoms with E-state index in [2.05, 4.69) is 31.0 Å². The molecule has 1 aliphatic rings. The van der Waals surface area contributed by atoms with Crippen LogP contribution in [0.4, 0.5) is 0 Å². The molecule has 1 aliphatic heterocycles. The summed E-state index contributed by atoms with van der Waals surface area (Å²) in [7, 11) is 0. The van der Waals surface area contributed by atoms with Gasteiger partial charge in [-0.3, -0.25) is 4.90 Å². The average molecular weight is 214 g/mol. The monoisotopic (exact) mass is 214 g/mol. The fourth-order valence-corrected chi connectivity index (χ4v) is 1.88. The molecule has 1 atom stereocenters. The minimum Gasteiger partial charge on any atom is -0.380 e. The number of nitrogens with one attached hydrogen (secondary N) is 1. The van der Waals surface area contributed by atoms with Crippen molar-refractivity contribution in [2.75, 3.05) is 39.4 Å². The summed E-state index contributed by atoms with van der Waals surface area (Å²) in [6.45, 7) is 13.0. The smallest absolute Gasteiger partial charge is 0.0593 e. The van der Waals surface area contributed by atoms with E-state index in [-0.39, 0.29) is 0 Å². The van der Waals surface area contributed by atoms with Crippen LogP contribution in [0.25, 0.3) is 0 Å². The van der Waals surface area contributed by atoms with Crippen molar-refractivity contribution in [1.82, 2.24) is 10.2 Å². The van der Waals surface area contributed by atoms with Crippen LogP contribution in [0.1, 0.15) is 27.2 Å². The first-order valence-corrected chi connectivity index (χ1v) is 6.25. The summed E-state index contributed by atoms with van der Waals surface area (Å²) in [4.78, 5) is 2.50. The summed E-state index contributed by atoms with van der Waals surface area (Å²) < 4.78 is 5.60. The molecule has 0 aromatic carbocycles. The molecule has 1 fully saturated rings. The molecular formula is C12H26N2O. The molecule has 3 heteroatoms. The minimum absolute atomic E-state index is 0.649. The van der Waals surface area contributed by atoms with Gasteiger partial charge < -0.3 is 10.1 Å². The van der Waals surface area contributed by atoms with Crippen molar-refractivity contribution in [3.8, 4) is 0 Å². The molecule has 0 amide bonds. The van der Waals surface area contributed by atoms with Gasteiger partial charge in [0.2, 0.25) is 0 Å². The molecule has 1 N–H and O–H groups in total. The highest BCUT2D eigenvalue weighted by molar-refractivity contribution is 4.76. The van der Waals surface area contributed by atoms with Crippen molar-refractivity contribution in [3.05, 3.63) is 0 Å². The fourth-order valence-electron chi connectivity index (χ4n) is 1.88. The van der Waals surface area contributed by atoms with Crippen molar-refractivity contribution in [3.63, 3.8) is 0 Å². The van der Waals surface area contributed by atoms with Crippen LogP contribution in [0.2, 0.25) is 0 Å². The highest BCUT2D eigenvalue weighted by atomic mass is 16.5. The summed E-state index contributed by atoms with van der Waals surface area (Å²) in [5.41, 5.74) is 0. The lowest BCUT2D eigenvalue weighted by molar-refractivity contribution is 0.0761. The lowest BCUT2D eigenvalue weighted by Crippen LogP contribution is -2.51. The zero-order valence-corrected chi connectivity index (χ0v) is 10.5. The highest BCUT2D eigenvalue weighted by Crippen LogP contribution is 2.02. The van der Waals surface area contributed by atoms with Gasteiger partial charge in [0, 0.05) is 38.8 Å². The number of rotatable bonds is 6. The zero-order chi connectivity index (χ0) is 11.1. The Morgan fingerprint density at radius 3 is 2.93 bits per heavy atom. The molecule has 0 saturated carbocycles. The molecule has 0 aromatic heterocycles. The van der Waals surface area contributed by atoms with Crippen LogP contribution in [-0.2, 0) is 4.74 Å².